The number of anilines is 1. The van der Waals surface area contributed by atoms with Gasteiger partial charge in [0.25, 0.3) is 5.91 Å². The molecule has 1 fully saturated rings. The van der Waals surface area contributed by atoms with Crippen molar-refractivity contribution in [2.24, 2.45) is 0 Å². The maximum atomic E-state index is 12.6. The highest BCUT2D eigenvalue weighted by Gasteiger charge is 2.28. The number of nitrogens with two attached hydrogens (primary N) is 1. The second-order valence-electron chi connectivity index (χ2n) is 4.85. The van der Waals surface area contributed by atoms with E-state index in [1.807, 2.05) is 4.90 Å². The lowest BCUT2D eigenvalue weighted by Crippen LogP contribution is -2.41. The van der Waals surface area contributed by atoms with Crippen molar-refractivity contribution in [2.75, 3.05) is 32.0 Å². The van der Waals surface area contributed by atoms with Crippen molar-refractivity contribution in [2.45, 2.75) is 25.7 Å². The quantitative estimate of drug-likeness (QED) is 0.841. The maximum Gasteiger partial charge on any atom is 0.257 e. The predicted molar refractivity (Wildman–Crippen MR) is 72.1 cm³/mol. The molecule has 0 atom stereocenters. The first-order valence-corrected chi connectivity index (χ1v) is 7.36. The van der Waals surface area contributed by atoms with E-state index in [2.05, 4.69) is 0 Å². The van der Waals surface area contributed by atoms with Crippen LogP contribution in [0.4, 0.5) is 5.00 Å². The summed E-state index contributed by atoms with van der Waals surface area (Å²) in [6, 6.07) is 0. The van der Waals surface area contributed by atoms with Crippen molar-refractivity contribution >= 4 is 22.2 Å². The van der Waals surface area contributed by atoms with E-state index in [-0.39, 0.29) is 5.91 Å². The number of hydrogen-bond acceptors (Lipinski definition) is 4. The van der Waals surface area contributed by atoms with Crippen LogP contribution in [0.3, 0.4) is 0 Å². The van der Waals surface area contributed by atoms with E-state index in [1.54, 1.807) is 11.3 Å². The number of fused-ring (bicyclic) bond motifs is 1. The Hall–Kier alpha value is -1.07. The van der Waals surface area contributed by atoms with Crippen LogP contribution in [0.5, 0.6) is 0 Å². The Labute approximate surface area is 111 Å². The number of thiophene rings is 1. The van der Waals surface area contributed by atoms with Gasteiger partial charge in [0.1, 0.15) is 0 Å². The minimum absolute atomic E-state index is 0.107. The second-order valence-corrected chi connectivity index (χ2v) is 5.99. The molecule has 2 N–H and O–H groups in total. The molecule has 1 saturated heterocycles. The number of morpholine rings is 1. The van der Waals surface area contributed by atoms with Crippen LogP contribution in [0.2, 0.25) is 0 Å². The summed E-state index contributed by atoms with van der Waals surface area (Å²) in [6.07, 6.45) is 4.49. The van der Waals surface area contributed by atoms with Crippen molar-refractivity contribution in [1.29, 1.82) is 0 Å². The molecule has 1 aliphatic heterocycles. The highest BCUT2D eigenvalue weighted by molar-refractivity contribution is 7.16. The predicted octanol–water partition coefficient (Wildman–Crippen LogP) is 1.68. The van der Waals surface area contributed by atoms with Gasteiger partial charge in [0.05, 0.1) is 23.8 Å². The van der Waals surface area contributed by atoms with E-state index >= 15 is 0 Å². The molecule has 0 unspecified atom stereocenters. The highest BCUT2D eigenvalue weighted by Crippen LogP contribution is 2.36. The Balaban J connectivity index is 1.90. The zero-order valence-electron chi connectivity index (χ0n) is 10.4. The molecule has 0 aromatic carbocycles. The molecule has 4 nitrogen and oxygen atoms in total. The van der Waals surface area contributed by atoms with Crippen molar-refractivity contribution in [1.82, 2.24) is 4.90 Å². The number of carbonyl (C=O) groups excluding carboxylic acids is 1. The molecular weight excluding hydrogens is 248 g/mol. The second kappa shape index (κ2) is 4.90. The largest absolute Gasteiger partial charge is 0.390 e. The number of ether oxygens (including phenoxy) is 1. The number of nitrogen functional groups attached to an aromatic ring is 1. The molecule has 18 heavy (non-hydrogen) atoms. The summed E-state index contributed by atoms with van der Waals surface area (Å²) >= 11 is 1.61. The molecule has 5 heteroatoms. The van der Waals surface area contributed by atoms with Gasteiger partial charge in [-0.1, -0.05) is 0 Å². The molecule has 0 spiro atoms. The first-order valence-electron chi connectivity index (χ1n) is 6.54. The van der Waals surface area contributed by atoms with Crippen molar-refractivity contribution in [3.63, 3.8) is 0 Å². The van der Waals surface area contributed by atoms with Gasteiger partial charge in [0, 0.05) is 18.0 Å². The molecule has 0 bridgehead atoms. The Morgan fingerprint density at radius 1 is 1.22 bits per heavy atom. The molecule has 3 rings (SSSR count). The normalized spacial score (nSPS) is 19.7. The minimum Gasteiger partial charge on any atom is -0.390 e. The van der Waals surface area contributed by atoms with Crippen LogP contribution in [0, 0.1) is 0 Å². The summed E-state index contributed by atoms with van der Waals surface area (Å²) in [5.74, 6) is 0.107. The average Bonchev–Trinajstić information content (AvgIpc) is 2.75. The van der Waals surface area contributed by atoms with Gasteiger partial charge in [-0.05, 0) is 31.2 Å². The van der Waals surface area contributed by atoms with Gasteiger partial charge in [-0.2, -0.15) is 0 Å². The molecular formula is C13H18N2O2S. The lowest BCUT2D eigenvalue weighted by atomic mass is 9.95. The van der Waals surface area contributed by atoms with E-state index in [1.165, 1.54) is 23.3 Å². The molecule has 2 heterocycles. The standard InChI is InChI=1S/C13H18N2O2S/c14-12-11(9-3-1-2-4-10(9)18-12)13(16)15-5-7-17-8-6-15/h1-8,14H2. The van der Waals surface area contributed by atoms with Crippen LogP contribution in [0.1, 0.15) is 33.6 Å². The van der Waals surface area contributed by atoms with Crippen LogP contribution in [-0.4, -0.2) is 37.1 Å². The number of amides is 1. The summed E-state index contributed by atoms with van der Waals surface area (Å²) in [5.41, 5.74) is 8.08. The van der Waals surface area contributed by atoms with Gasteiger partial charge < -0.3 is 15.4 Å². The van der Waals surface area contributed by atoms with Gasteiger partial charge in [-0.25, -0.2) is 0 Å². The Kier molecular flexibility index (Phi) is 3.26. The lowest BCUT2D eigenvalue weighted by molar-refractivity contribution is 0.0303. The summed E-state index contributed by atoms with van der Waals surface area (Å²) in [5, 5.41) is 0.707. The van der Waals surface area contributed by atoms with Gasteiger partial charge in [0.2, 0.25) is 0 Å². The van der Waals surface area contributed by atoms with Gasteiger partial charge in [-0.3, -0.25) is 4.79 Å². The topological polar surface area (TPSA) is 55.6 Å². The molecule has 2 aliphatic rings. The Bertz CT molecular complexity index is 464. The smallest absolute Gasteiger partial charge is 0.257 e. The van der Waals surface area contributed by atoms with Crippen LogP contribution in [0.15, 0.2) is 0 Å². The number of hydrogen-bond donors (Lipinski definition) is 1. The lowest BCUT2D eigenvalue weighted by Gasteiger charge is -2.27. The van der Waals surface area contributed by atoms with Crippen LogP contribution in [-0.2, 0) is 17.6 Å². The summed E-state index contributed by atoms with van der Waals surface area (Å²) in [4.78, 5) is 15.8. The Morgan fingerprint density at radius 3 is 2.72 bits per heavy atom. The minimum atomic E-state index is 0.107. The first-order chi connectivity index (χ1) is 8.77. The van der Waals surface area contributed by atoms with Crippen molar-refractivity contribution < 1.29 is 9.53 Å². The summed E-state index contributed by atoms with van der Waals surface area (Å²) < 4.78 is 5.29. The highest BCUT2D eigenvalue weighted by atomic mass is 32.1. The molecule has 0 radical (unpaired) electrons. The first kappa shape index (κ1) is 12.0. The number of carbonyl (C=O) groups is 1. The summed E-state index contributed by atoms with van der Waals surface area (Å²) in [7, 11) is 0. The molecule has 98 valence electrons. The number of rotatable bonds is 1. The third-order valence-corrected chi connectivity index (χ3v) is 4.83. The van der Waals surface area contributed by atoms with E-state index < -0.39 is 0 Å². The van der Waals surface area contributed by atoms with Gasteiger partial charge >= 0.3 is 0 Å². The summed E-state index contributed by atoms with van der Waals surface area (Å²) in [6.45, 7) is 2.64. The molecule has 1 aliphatic carbocycles. The van der Waals surface area contributed by atoms with Gasteiger partial charge in [-0.15, -0.1) is 11.3 Å². The van der Waals surface area contributed by atoms with E-state index in [9.17, 15) is 4.79 Å². The number of nitrogens with zero attached hydrogens (tertiary/aromatic N) is 1. The van der Waals surface area contributed by atoms with E-state index in [0.29, 0.717) is 31.3 Å². The van der Waals surface area contributed by atoms with Crippen LogP contribution in [0.25, 0.3) is 0 Å². The maximum absolute atomic E-state index is 12.6. The van der Waals surface area contributed by atoms with Crippen LogP contribution < -0.4 is 5.73 Å². The third-order valence-electron chi connectivity index (χ3n) is 3.71. The van der Waals surface area contributed by atoms with Gasteiger partial charge in [0.15, 0.2) is 0 Å². The number of aryl methyl sites for hydroxylation is 1. The molecule has 1 aromatic heterocycles. The SMILES string of the molecule is Nc1sc2c(c1C(=O)N1CCOCC1)CCCC2. The molecule has 0 saturated carbocycles. The zero-order chi connectivity index (χ0) is 12.5. The van der Waals surface area contributed by atoms with Crippen molar-refractivity contribution in [3.05, 3.63) is 16.0 Å². The van der Waals surface area contributed by atoms with Crippen molar-refractivity contribution in [3.8, 4) is 0 Å². The zero-order valence-corrected chi connectivity index (χ0v) is 11.2. The molecule has 1 amide bonds. The molecule has 1 aromatic rings. The fourth-order valence-corrected chi connectivity index (χ4v) is 3.90. The fraction of sp³-hybridized carbons (Fsp3) is 0.615. The average molecular weight is 266 g/mol. The van der Waals surface area contributed by atoms with Crippen LogP contribution >= 0.6 is 11.3 Å². The fourth-order valence-electron chi connectivity index (χ4n) is 2.75. The van der Waals surface area contributed by atoms with E-state index in [4.69, 9.17) is 10.5 Å². The monoisotopic (exact) mass is 266 g/mol. The third kappa shape index (κ3) is 2.01. The van der Waals surface area contributed by atoms with E-state index in [0.717, 1.165) is 18.4 Å². The Morgan fingerprint density at radius 2 is 1.94 bits per heavy atom.